The van der Waals surface area contributed by atoms with E-state index in [0.717, 1.165) is 11.5 Å². The van der Waals surface area contributed by atoms with Gasteiger partial charge >= 0.3 is 5.97 Å². The van der Waals surface area contributed by atoms with Crippen molar-refractivity contribution in [2.45, 2.75) is 6.42 Å². The van der Waals surface area contributed by atoms with Crippen LogP contribution in [0.2, 0.25) is 0 Å². The Balaban J connectivity index is 2.29. The van der Waals surface area contributed by atoms with Gasteiger partial charge in [-0.05, 0) is 17.5 Å². The van der Waals surface area contributed by atoms with Gasteiger partial charge in [0.1, 0.15) is 11.7 Å². The smallest absolute Gasteiger partial charge is 0.316 e. The number of methoxy groups -OCH3 is 1. The molecule has 0 bridgehead atoms. The van der Waals surface area contributed by atoms with Gasteiger partial charge in [-0.25, -0.2) is 0 Å². The molecule has 18 heavy (non-hydrogen) atoms. The van der Waals surface area contributed by atoms with Crippen LogP contribution in [0.4, 0.5) is 0 Å². The summed E-state index contributed by atoms with van der Waals surface area (Å²) in [5.74, 6) is -1.13. The first-order valence-corrected chi connectivity index (χ1v) is 8.98. The maximum absolute atomic E-state index is 11.8. The number of carbonyl (C=O) groups excluding carboxylic acids is 2. The lowest BCUT2D eigenvalue weighted by molar-refractivity contribution is -0.148. The summed E-state index contributed by atoms with van der Waals surface area (Å²) in [4.78, 5) is 23.4. The molecule has 0 N–H and O–H groups in total. The van der Waals surface area contributed by atoms with Crippen LogP contribution in [-0.2, 0) is 26.1 Å². The average Bonchev–Trinajstić information content (AvgIpc) is 2.42. The molecule has 0 aromatic heterocycles. The quantitative estimate of drug-likeness (QED) is 0.469. The number of ether oxygens (including phenoxy) is 1. The highest BCUT2D eigenvalue weighted by molar-refractivity contribution is 8.18. The molecule has 2 rings (SSSR count). The molecule has 1 saturated heterocycles. The minimum atomic E-state index is -1.81. The fraction of sp³-hybridized carbons (Fsp3) is 0.385. The van der Waals surface area contributed by atoms with E-state index in [1.54, 1.807) is 0 Å². The van der Waals surface area contributed by atoms with Gasteiger partial charge in [0, 0.05) is 12.6 Å². The highest BCUT2D eigenvalue weighted by Crippen LogP contribution is 2.50. The van der Waals surface area contributed by atoms with Crippen LogP contribution in [0.3, 0.4) is 0 Å². The van der Waals surface area contributed by atoms with Gasteiger partial charge in [0.25, 0.3) is 0 Å². The third kappa shape index (κ3) is 2.55. The molecule has 0 saturated carbocycles. The molecule has 2 atom stereocenters. The summed E-state index contributed by atoms with van der Waals surface area (Å²) >= 11 is 5.77. The second kappa shape index (κ2) is 5.33. The summed E-state index contributed by atoms with van der Waals surface area (Å²) in [6, 6.07) is 8.04. The number of hydrogen-bond donors (Lipinski definition) is 0. The van der Waals surface area contributed by atoms with E-state index in [2.05, 4.69) is 0 Å². The van der Waals surface area contributed by atoms with Crippen molar-refractivity contribution in [2.24, 2.45) is 5.92 Å². The molecular weight excluding hydrogens is 267 g/mol. The van der Waals surface area contributed by atoms with Crippen molar-refractivity contribution in [3.05, 3.63) is 30.3 Å². The Morgan fingerprint density at radius 1 is 1.39 bits per heavy atom. The predicted octanol–water partition coefficient (Wildman–Crippen LogP) is 1.55. The van der Waals surface area contributed by atoms with E-state index < -0.39 is 17.9 Å². The molecule has 1 aromatic rings. The summed E-state index contributed by atoms with van der Waals surface area (Å²) in [6.45, 7) is 0. The van der Waals surface area contributed by atoms with Crippen LogP contribution in [0.1, 0.15) is 6.42 Å². The Morgan fingerprint density at radius 3 is 2.67 bits per heavy atom. The van der Waals surface area contributed by atoms with Gasteiger partial charge in [-0.1, -0.05) is 42.1 Å². The highest BCUT2D eigenvalue weighted by atomic mass is 32.4. The van der Waals surface area contributed by atoms with Crippen molar-refractivity contribution in [3.8, 4) is 0 Å². The zero-order chi connectivity index (χ0) is 13.2. The maximum atomic E-state index is 11.8. The molecule has 1 aromatic carbocycles. The van der Waals surface area contributed by atoms with Crippen molar-refractivity contribution >= 4 is 34.9 Å². The molecule has 0 spiro atoms. The molecule has 1 aliphatic heterocycles. The lowest BCUT2D eigenvalue weighted by Crippen LogP contribution is -2.35. The van der Waals surface area contributed by atoms with Crippen LogP contribution in [-0.4, -0.2) is 31.2 Å². The monoisotopic (exact) mass is 282 g/mol. The van der Waals surface area contributed by atoms with E-state index in [-0.39, 0.29) is 5.78 Å². The Morgan fingerprint density at radius 2 is 2.06 bits per heavy atom. The summed E-state index contributed by atoms with van der Waals surface area (Å²) in [6.07, 6.45) is 1.59. The summed E-state index contributed by atoms with van der Waals surface area (Å²) in [5.41, 5.74) is 0. The molecule has 0 unspecified atom stereocenters. The van der Waals surface area contributed by atoms with E-state index in [4.69, 9.17) is 16.5 Å². The molecule has 3 nitrogen and oxygen atoms in total. The molecule has 5 heteroatoms. The van der Waals surface area contributed by atoms with E-state index in [9.17, 15) is 9.59 Å². The second-order valence-electron chi connectivity index (χ2n) is 4.42. The summed E-state index contributed by atoms with van der Waals surface area (Å²) < 4.78 is 4.70. The van der Waals surface area contributed by atoms with Gasteiger partial charge in [0.2, 0.25) is 0 Å². The van der Waals surface area contributed by atoms with Crippen molar-refractivity contribution in [3.63, 3.8) is 0 Å². The lowest BCUT2D eigenvalue weighted by Gasteiger charge is -2.30. The molecule has 0 aliphatic carbocycles. The zero-order valence-electron chi connectivity index (χ0n) is 10.2. The van der Waals surface area contributed by atoms with E-state index >= 15 is 0 Å². The van der Waals surface area contributed by atoms with Crippen LogP contribution in [0, 0.1) is 5.92 Å². The van der Waals surface area contributed by atoms with Crippen molar-refractivity contribution < 1.29 is 14.3 Å². The Hall–Kier alpha value is -0.990. The lowest BCUT2D eigenvalue weighted by atomic mass is 10.0. The third-order valence-corrected chi connectivity index (χ3v) is 8.07. The number of rotatable bonds is 2. The standard InChI is InChI=1S/C13H15O3PS/c1-16-13(15)11-9-17(18,8-7-12(11)14)10-5-3-2-4-6-10/h2-6,11H,7-9H2,1H3/t11-,17+/m1/s1. The zero-order valence-corrected chi connectivity index (χ0v) is 11.9. The Bertz CT molecular complexity index is 504. The van der Waals surface area contributed by atoms with Gasteiger partial charge in [-0.2, -0.15) is 0 Å². The molecule has 1 aliphatic rings. The van der Waals surface area contributed by atoms with Crippen molar-refractivity contribution in [1.82, 2.24) is 0 Å². The van der Waals surface area contributed by atoms with E-state index in [1.807, 2.05) is 30.3 Å². The van der Waals surface area contributed by atoms with E-state index in [0.29, 0.717) is 12.6 Å². The second-order valence-corrected chi connectivity index (χ2v) is 9.63. The largest absolute Gasteiger partial charge is 0.468 e. The normalized spacial score (nSPS) is 27.8. The topological polar surface area (TPSA) is 43.4 Å². The van der Waals surface area contributed by atoms with Crippen LogP contribution < -0.4 is 5.30 Å². The first kappa shape index (κ1) is 13.4. The van der Waals surface area contributed by atoms with E-state index in [1.165, 1.54) is 7.11 Å². The van der Waals surface area contributed by atoms with Crippen molar-refractivity contribution in [1.29, 1.82) is 0 Å². The number of hydrogen-bond acceptors (Lipinski definition) is 4. The minimum Gasteiger partial charge on any atom is -0.468 e. The summed E-state index contributed by atoms with van der Waals surface area (Å²) in [5, 5.41) is 1.11. The number of carbonyl (C=O) groups is 2. The fourth-order valence-electron chi connectivity index (χ4n) is 2.24. The first-order chi connectivity index (χ1) is 8.57. The summed E-state index contributed by atoms with van der Waals surface area (Å²) in [7, 11) is 1.32. The van der Waals surface area contributed by atoms with Gasteiger partial charge in [0.15, 0.2) is 0 Å². The fourth-order valence-corrected chi connectivity index (χ4v) is 6.21. The van der Waals surface area contributed by atoms with Crippen LogP contribution >= 0.6 is 6.04 Å². The van der Waals surface area contributed by atoms with Gasteiger partial charge in [0.05, 0.1) is 7.11 Å². The molecule has 0 amide bonds. The highest BCUT2D eigenvalue weighted by Gasteiger charge is 2.38. The van der Waals surface area contributed by atoms with Gasteiger partial charge in [-0.15, -0.1) is 0 Å². The number of benzene rings is 1. The predicted molar refractivity (Wildman–Crippen MR) is 75.2 cm³/mol. The Labute approximate surface area is 112 Å². The SMILES string of the molecule is COC(=O)[C@@H]1C[P@](=S)(c2ccccc2)CCC1=O. The Kier molecular flexibility index (Phi) is 3.98. The number of Topliss-reactive ketones (excluding diaryl/α,β-unsaturated/α-hetero) is 1. The van der Waals surface area contributed by atoms with Gasteiger partial charge < -0.3 is 4.74 Å². The maximum Gasteiger partial charge on any atom is 0.316 e. The van der Waals surface area contributed by atoms with Crippen LogP contribution in [0.5, 0.6) is 0 Å². The van der Waals surface area contributed by atoms with Crippen LogP contribution in [0.25, 0.3) is 0 Å². The average molecular weight is 282 g/mol. The first-order valence-electron chi connectivity index (χ1n) is 5.81. The molecule has 1 fully saturated rings. The molecule has 96 valence electrons. The molecular formula is C13H15O3PS. The number of ketones is 1. The van der Waals surface area contributed by atoms with Crippen molar-refractivity contribution in [2.75, 3.05) is 19.4 Å². The number of esters is 1. The molecule has 0 radical (unpaired) electrons. The third-order valence-electron chi connectivity index (χ3n) is 3.30. The minimum absolute atomic E-state index is 0.0294. The van der Waals surface area contributed by atoms with Crippen LogP contribution in [0.15, 0.2) is 30.3 Å². The van der Waals surface area contributed by atoms with Gasteiger partial charge in [-0.3, -0.25) is 9.59 Å². The molecule has 1 heterocycles.